The third-order valence-corrected chi connectivity index (χ3v) is 5.65. The minimum atomic E-state index is 0.187. The molecule has 0 fully saturated rings. The fourth-order valence-corrected chi connectivity index (χ4v) is 4.42. The number of thiophene rings is 1. The van der Waals surface area contributed by atoms with E-state index in [1.807, 2.05) is 11.3 Å². The van der Waals surface area contributed by atoms with Gasteiger partial charge in [0.15, 0.2) is 0 Å². The molecule has 2 heterocycles. The maximum Gasteiger partial charge on any atom is 0.0624 e. The van der Waals surface area contributed by atoms with E-state index in [0.717, 1.165) is 25.1 Å². The van der Waals surface area contributed by atoms with Gasteiger partial charge in [-0.3, -0.25) is 16.0 Å². The van der Waals surface area contributed by atoms with Crippen molar-refractivity contribution in [2.75, 3.05) is 0 Å². The first-order valence-electron chi connectivity index (χ1n) is 7.88. The van der Waals surface area contributed by atoms with Crippen LogP contribution in [0.1, 0.15) is 53.0 Å². The molecular formula is C16H24N4S. The van der Waals surface area contributed by atoms with Gasteiger partial charge in [0.1, 0.15) is 0 Å². The maximum absolute atomic E-state index is 5.83. The first-order valence-corrected chi connectivity index (χ1v) is 8.70. The summed E-state index contributed by atoms with van der Waals surface area (Å²) in [4.78, 5) is 2.92. The number of nitrogens with zero attached hydrogens (tertiary/aromatic N) is 2. The monoisotopic (exact) mass is 304 g/mol. The molecule has 0 aliphatic heterocycles. The number of nitrogens with one attached hydrogen (secondary N) is 1. The Morgan fingerprint density at radius 2 is 2.24 bits per heavy atom. The number of hydrogen-bond donors (Lipinski definition) is 2. The zero-order valence-electron chi connectivity index (χ0n) is 12.9. The quantitative estimate of drug-likeness (QED) is 0.637. The fourth-order valence-electron chi connectivity index (χ4n) is 3.10. The molecule has 1 atom stereocenters. The Kier molecular flexibility index (Phi) is 4.42. The van der Waals surface area contributed by atoms with Crippen LogP contribution in [0, 0.1) is 0 Å². The van der Waals surface area contributed by atoms with Crippen LogP contribution in [0.15, 0.2) is 12.1 Å². The summed E-state index contributed by atoms with van der Waals surface area (Å²) < 4.78 is 2.10. The van der Waals surface area contributed by atoms with Crippen molar-refractivity contribution < 1.29 is 0 Å². The van der Waals surface area contributed by atoms with E-state index in [1.165, 1.54) is 35.4 Å². The number of hydrogen-bond acceptors (Lipinski definition) is 4. The van der Waals surface area contributed by atoms with E-state index in [2.05, 4.69) is 41.2 Å². The van der Waals surface area contributed by atoms with Crippen LogP contribution in [-0.2, 0) is 32.2 Å². The molecule has 3 rings (SSSR count). The molecule has 0 radical (unpaired) electrons. The first kappa shape index (κ1) is 14.8. The van der Waals surface area contributed by atoms with E-state index >= 15 is 0 Å². The van der Waals surface area contributed by atoms with E-state index in [-0.39, 0.29) is 6.04 Å². The highest BCUT2D eigenvalue weighted by Gasteiger charge is 2.21. The summed E-state index contributed by atoms with van der Waals surface area (Å²) in [6, 6.07) is 4.76. The second-order valence-corrected chi connectivity index (χ2v) is 6.84. The number of hydrazine groups is 1. The molecule has 114 valence electrons. The summed E-state index contributed by atoms with van der Waals surface area (Å²) in [6.07, 6.45) is 5.66. The highest BCUT2D eigenvalue weighted by atomic mass is 32.1. The maximum atomic E-state index is 5.83. The molecule has 3 N–H and O–H groups in total. The van der Waals surface area contributed by atoms with Crippen molar-refractivity contribution in [2.24, 2.45) is 5.84 Å². The molecule has 5 heteroatoms. The lowest BCUT2D eigenvalue weighted by atomic mass is 10.1. The van der Waals surface area contributed by atoms with Gasteiger partial charge in [0.25, 0.3) is 0 Å². The Hall–Kier alpha value is -1.17. The molecule has 21 heavy (non-hydrogen) atoms. The Bertz CT molecular complexity index is 592. The molecule has 1 unspecified atom stereocenters. The molecule has 0 spiro atoms. The van der Waals surface area contributed by atoms with Crippen LogP contribution < -0.4 is 11.3 Å². The van der Waals surface area contributed by atoms with Crippen molar-refractivity contribution in [3.05, 3.63) is 38.8 Å². The highest BCUT2D eigenvalue weighted by molar-refractivity contribution is 7.12. The Morgan fingerprint density at radius 1 is 1.38 bits per heavy atom. The third-order valence-electron chi connectivity index (χ3n) is 4.30. The number of aromatic nitrogens is 2. The average Bonchev–Trinajstić information content (AvgIpc) is 3.17. The molecule has 1 aliphatic carbocycles. The summed E-state index contributed by atoms with van der Waals surface area (Å²) in [7, 11) is 0. The van der Waals surface area contributed by atoms with Crippen molar-refractivity contribution in [3.63, 3.8) is 0 Å². The standard InChI is InChI=1S/C16H24N4S/c1-3-12-9-13(20(4-2)19-12)10-14(18-17)16-8-11-6-5-7-15(11)21-16/h8-9,14,18H,3-7,10,17H2,1-2H3. The molecule has 1 aliphatic rings. The van der Waals surface area contributed by atoms with Gasteiger partial charge >= 0.3 is 0 Å². The summed E-state index contributed by atoms with van der Waals surface area (Å²) >= 11 is 1.93. The number of rotatable bonds is 6. The molecule has 0 bridgehead atoms. The van der Waals surface area contributed by atoms with Crippen LogP contribution in [0.4, 0.5) is 0 Å². The molecule has 2 aromatic heterocycles. The summed E-state index contributed by atoms with van der Waals surface area (Å²) in [5.41, 5.74) is 6.97. The van der Waals surface area contributed by atoms with Gasteiger partial charge in [0, 0.05) is 28.4 Å². The van der Waals surface area contributed by atoms with E-state index in [9.17, 15) is 0 Å². The Labute approximate surface area is 130 Å². The molecule has 0 saturated heterocycles. The SMILES string of the molecule is CCc1cc(CC(NN)c2cc3c(s2)CCC3)n(CC)n1. The predicted molar refractivity (Wildman–Crippen MR) is 87.4 cm³/mol. The second-order valence-electron chi connectivity index (χ2n) is 5.67. The fraction of sp³-hybridized carbons (Fsp3) is 0.562. The number of nitrogens with two attached hydrogens (primary N) is 1. The van der Waals surface area contributed by atoms with Gasteiger partial charge in [-0.15, -0.1) is 11.3 Å². The van der Waals surface area contributed by atoms with Crippen LogP contribution in [0.3, 0.4) is 0 Å². The molecule has 0 aromatic carbocycles. The topological polar surface area (TPSA) is 55.9 Å². The van der Waals surface area contributed by atoms with Crippen LogP contribution in [-0.4, -0.2) is 9.78 Å². The van der Waals surface area contributed by atoms with Crippen LogP contribution in [0.25, 0.3) is 0 Å². The Morgan fingerprint density at radius 3 is 2.90 bits per heavy atom. The van der Waals surface area contributed by atoms with Crippen molar-refractivity contribution >= 4 is 11.3 Å². The number of aryl methyl sites for hydroxylation is 4. The minimum absolute atomic E-state index is 0.187. The zero-order valence-corrected chi connectivity index (χ0v) is 13.7. The van der Waals surface area contributed by atoms with Crippen molar-refractivity contribution in [1.29, 1.82) is 0 Å². The highest BCUT2D eigenvalue weighted by Crippen LogP contribution is 2.34. The predicted octanol–water partition coefficient (Wildman–Crippen LogP) is 2.76. The molecule has 2 aromatic rings. The normalized spacial score (nSPS) is 15.4. The molecular weight excluding hydrogens is 280 g/mol. The zero-order chi connectivity index (χ0) is 14.8. The van der Waals surface area contributed by atoms with Crippen LogP contribution in [0.5, 0.6) is 0 Å². The average molecular weight is 304 g/mol. The van der Waals surface area contributed by atoms with Gasteiger partial charge in [-0.2, -0.15) is 5.10 Å². The van der Waals surface area contributed by atoms with Crippen LogP contribution >= 0.6 is 11.3 Å². The van der Waals surface area contributed by atoms with Crippen molar-refractivity contribution in [2.45, 2.75) is 58.5 Å². The summed E-state index contributed by atoms with van der Waals surface area (Å²) in [6.45, 7) is 5.20. The van der Waals surface area contributed by atoms with Gasteiger partial charge in [0.05, 0.1) is 11.7 Å². The lowest BCUT2D eigenvalue weighted by Gasteiger charge is -2.15. The van der Waals surface area contributed by atoms with Gasteiger partial charge in [-0.05, 0) is 50.3 Å². The smallest absolute Gasteiger partial charge is 0.0624 e. The van der Waals surface area contributed by atoms with Gasteiger partial charge in [0.2, 0.25) is 0 Å². The summed E-state index contributed by atoms with van der Waals surface area (Å²) in [5.74, 6) is 5.83. The van der Waals surface area contributed by atoms with Crippen molar-refractivity contribution in [3.8, 4) is 0 Å². The summed E-state index contributed by atoms with van der Waals surface area (Å²) in [5, 5.41) is 4.63. The molecule has 0 amide bonds. The van der Waals surface area contributed by atoms with E-state index in [4.69, 9.17) is 5.84 Å². The second kappa shape index (κ2) is 6.30. The van der Waals surface area contributed by atoms with Crippen molar-refractivity contribution in [1.82, 2.24) is 15.2 Å². The molecule has 4 nitrogen and oxygen atoms in total. The molecule has 0 saturated carbocycles. The first-order chi connectivity index (χ1) is 10.2. The van der Waals surface area contributed by atoms with Gasteiger partial charge in [-0.25, -0.2) is 0 Å². The van der Waals surface area contributed by atoms with E-state index in [1.54, 1.807) is 4.88 Å². The van der Waals surface area contributed by atoms with E-state index < -0.39 is 0 Å². The van der Waals surface area contributed by atoms with Gasteiger partial charge in [-0.1, -0.05) is 6.92 Å². The lowest BCUT2D eigenvalue weighted by Crippen LogP contribution is -2.29. The van der Waals surface area contributed by atoms with Gasteiger partial charge < -0.3 is 0 Å². The third kappa shape index (κ3) is 2.91. The largest absolute Gasteiger partial charge is 0.271 e. The number of fused-ring (bicyclic) bond motifs is 1. The minimum Gasteiger partial charge on any atom is -0.271 e. The van der Waals surface area contributed by atoms with Crippen LogP contribution in [0.2, 0.25) is 0 Å². The Balaban J connectivity index is 1.82. The lowest BCUT2D eigenvalue weighted by molar-refractivity contribution is 0.522. The van der Waals surface area contributed by atoms with E-state index in [0.29, 0.717) is 0 Å².